The fourth-order valence-corrected chi connectivity index (χ4v) is 3.03. The van der Waals surface area contributed by atoms with Crippen molar-refractivity contribution in [3.05, 3.63) is 29.3 Å². The fourth-order valence-electron chi connectivity index (χ4n) is 3.03. The van der Waals surface area contributed by atoms with Gasteiger partial charge in [0.15, 0.2) is 0 Å². The van der Waals surface area contributed by atoms with Crippen LogP contribution < -0.4 is 10.2 Å². The minimum atomic E-state index is -0.174. The summed E-state index contributed by atoms with van der Waals surface area (Å²) in [6, 6.07) is 6.69. The molecule has 2 rings (SSSR count). The Morgan fingerprint density at radius 2 is 1.96 bits per heavy atom. The topological polar surface area (TPSA) is 35.6 Å². The SMILES string of the molecule is CC#CC(=O)NCCCN1CCN(c2ccc(C)cc2C)CC1. The van der Waals surface area contributed by atoms with Crippen molar-refractivity contribution in [2.45, 2.75) is 27.2 Å². The predicted octanol–water partition coefficient (Wildman–Crippen LogP) is 1.96. The first-order valence-electron chi connectivity index (χ1n) is 8.35. The summed E-state index contributed by atoms with van der Waals surface area (Å²) in [6.45, 7) is 12.0. The first-order chi connectivity index (χ1) is 11.1. The van der Waals surface area contributed by atoms with Crippen molar-refractivity contribution in [3.63, 3.8) is 0 Å². The zero-order chi connectivity index (χ0) is 16.7. The summed E-state index contributed by atoms with van der Waals surface area (Å²) in [4.78, 5) is 16.2. The molecule has 1 amide bonds. The number of nitrogens with zero attached hydrogens (tertiary/aromatic N) is 2. The van der Waals surface area contributed by atoms with Crippen LogP contribution in [0, 0.1) is 25.7 Å². The van der Waals surface area contributed by atoms with Gasteiger partial charge in [-0.2, -0.15) is 0 Å². The molecule has 4 heteroatoms. The lowest BCUT2D eigenvalue weighted by atomic mass is 10.1. The third kappa shape index (κ3) is 5.30. The molecule has 0 bridgehead atoms. The van der Waals surface area contributed by atoms with E-state index in [-0.39, 0.29) is 5.91 Å². The third-order valence-corrected chi connectivity index (χ3v) is 4.24. The highest BCUT2D eigenvalue weighted by Gasteiger charge is 2.17. The Balaban J connectivity index is 1.71. The van der Waals surface area contributed by atoms with Gasteiger partial charge in [-0.05, 0) is 51.3 Å². The quantitative estimate of drug-likeness (QED) is 0.667. The number of hydrogen-bond acceptors (Lipinski definition) is 3. The number of carbonyl (C=O) groups is 1. The van der Waals surface area contributed by atoms with Crippen LogP contribution in [-0.2, 0) is 4.79 Å². The van der Waals surface area contributed by atoms with E-state index in [4.69, 9.17) is 0 Å². The van der Waals surface area contributed by atoms with E-state index >= 15 is 0 Å². The molecule has 0 aliphatic carbocycles. The molecular weight excluding hydrogens is 286 g/mol. The van der Waals surface area contributed by atoms with Gasteiger partial charge in [0.1, 0.15) is 0 Å². The van der Waals surface area contributed by atoms with Crippen LogP contribution in [-0.4, -0.2) is 50.1 Å². The molecule has 0 radical (unpaired) electrons. The first kappa shape index (κ1) is 17.4. The number of benzene rings is 1. The van der Waals surface area contributed by atoms with E-state index in [9.17, 15) is 4.79 Å². The van der Waals surface area contributed by atoms with E-state index in [1.54, 1.807) is 6.92 Å². The number of anilines is 1. The van der Waals surface area contributed by atoms with Gasteiger partial charge in [-0.1, -0.05) is 23.6 Å². The normalized spacial score (nSPS) is 15.0. The molecule has 0 saturated carbocycles. The Bertz CT molecular complexity index is 592. The molecule has 124 valence electrons. The van der Waals surface area contributed by atoms with Gasteiger partial charge in [-0.15, -0.1) is 0 Å². The minimum absolute atomic E-state index is 0.174. The van der Waals surface area contributed by atoms with Crippen LogP contribution in [0.5, 0.6) is 0 Å². The number of amides is 1. The van der Waals surface area contributed by atoms with Crippen molar-refractivity contribution in [1.82, 2.24) is 10.2 Å². The van der Waals surface area contributed by atoms with Crippen molar-refractivity contribution in [3.8, 4) is 11.8 Å². The summed E-state index contributed by atoms with van der Waals surface area (Å²) >= 11 is 0. The highest BCUT2D eigenvalue weighted by atomic mass is 16.1. The molecule has 1 fully saturated rings. The highest BCUT2D eigenvalue weighted by Crippen LogP contribution is 2.22. The minimum Gasteiger partial charge on any atom is -0.369 e. The number of piperazine rings is 1. The van der Waals surface area contributed by atoms with Gasteiger partial charge in [0, 0.05) is 38.4 Å². The van der Waals surface area contributed by atoms with Crippen LogP contribution in [0.15, 0.2) is 18.2 Å². The Morgan fingerprint density at radius 3 is 2.61 bits per heavy atom. The fraction of sp³-hybridized carbons (Fsp3) is 0.526. The Hall–Kier alpha value is -1.99. The van der Waals surface area contributed by atoms with Crippen molar-refractivity contribution in [2.24, 2.45) is 0 Å². The zero-order valence-electron chi connectivity index (χ0n) is 14.5. The largest absolute Gasteiger partial charge is 0.369 e. The van der Waals surface area contributed by atoms with E-state index < -0.39 is 0 Å². The maximum atomic E-state index is 11.2. The lowest BCUT2D eigenvalue weighted by Gasteiger charge is -2.37. The van der Waals surface area contributed by atoms with Gasteiger partial charge >= 0.3 is 0 Å². The second-order valence-corrected chi connectivity index (χ2v) is 6.10. The van der Waals surface area contributed by atoms with Gasteiger partial charge in [-0.3, -0.25) is 9.69 Å². The molecule has 0 atom stereocenters. The van der Waals surface area contributed by atoms with Crippen molar-refractivity contribution >= 4 is 11.6 Å². The van der Waals surface area contributed by atoms with Crippen LogP contribution in [0.1, 0.15) is 24.5 Å². The average molecular weight is 313 g/mol. The van der Waals surface area contributed by atoms with Gasteiger partial charge in [-0.25, -0.2) is 0 Å². The van der Waals surface area contributed by atoms with Crippen molar-refractivity contribution in [1.29, 1.82) is 0 Å². The van der Waals surface area contributed by atoms with Gasteiger partial charge in [0.25, 0.3) is 5.91 Å². The van der Waals surface area contributed by atoms with Crippen LogP contribution in [0.4, 0.5) is 5.69 Å². The number of nitrogens with one attached hydrogen (secondary N) is 1. The molecule has 0 spiro atoms. The van der Waals surface area contributed by atoms with Crippen LogP contribution in [0.3, 0.4) is 0 Å². The molecule has 1 N–H and O–H groups in total. The molecule has 1 aliphatic rings. The van der Waals surface area contributed by atoms with Gasteiger partial charge in [0.2, 0.25) is 0 Å². The smallest absolute Gasteiger partial charge is 0.295 e. The van der Waals surface area contributed by atoms with E-state index in [1.165, 1.54) is 16.8 Å². The molecule has 23 heavy (non-hydrogen) atoms. The summed E-state index contributed by atoms with van der Waals surface area (Å²) in [5.74, 6) is 4.93. The Morgan fingerprint density at radius 1 is 1.22 bits per heavy atom. The number of aryl methyl sites for hydroxylation is 2. The lowest BCUT2D eigenvalue weighted by molar-refractivity contribution is -0.115. The number of rotatable bonds is 5. The highest BCUT2D eigenvalue weighted by molar-refractivity contribution is 5.93. The summed E-state index contributed by atoms with van der Waals surface area (Å²) in [5, 5.41) is 2.82. The number of carbonyl (C=O) groups excluding carboxylic acids is 1. The van der Waals surface area contributed by atoms with E-state index in [0.717, 1.165) is 39.1 Å². The summed E-state index contributed by atoms with van der Waals surface area (Å²) < 4.78 is 0. The van der Waals surface area contributed by atoms with E-state index in [1.807, 2.05) is 0 Å². The van der Waals surface area contributed by atoms with E-state index in [0.29, 0.717) is 6.54 Å². The maximum absolute atomic E-state index is 11.2. The monoisotopic (exact) mass is 313 g/mol. The second kappa shape index (κ2) is 8.59. The zero-order valence-corrected chi connectivity index (χ0v) is 14.5. The Kier molecular flexibility index (Phi) is 6.49. The molecule has 1 aromatic carbocycles. The van der Waals surface area contributed by atoms with Crippen LogP contribution >= 0.6 is 0 Å². The third-order valence-electron chi connectivity index (χ3n) is 4.24. The molecule has 0 aromatic heterocycles. The van der Waals surface area contributed by atoms with Crippen molar-refractivity contribution in [2.75, 3.05) is 44.2 Å². The van der Waals surface area contributed by atoms with Crippen LogP contribution in [0.25, 0.3) is 0 Å². The molecule has 1 aliphatic heterocycles. The summed E-state index contributed by atoms with van der Waals surface area (Å²) in [5.41, 5.74) is 4.04. The molecule has 1 aromatic rings. The molecule has 4 nitrogen and oxygen atoms in total. The lowest BCUT2D eigenvalue weighted by Crippen LogP contribution is -2.47. The average Bonchev–Trinajstić information content (AvgIpc) is 2.53. The molecular formula is C19H27N3O. The van der Waals surface area contributed by atoms with E-state index in [2.05, 4.69) is 59.0 Å². The second-order valence-electron chi connectivity index (χ2n) is 6.10. The standard InChI is InChI=1S/C19H27N3O/c1-4-6-19(23)20-9-5-10-21-11-13-22(14-12-21)18-8-7-16(2)15-17(18)3/h7-8,15H,5,9-14H2,1-3H3,(H,20,23). The summed E-state index contributed by atoms with van der Waals surface area (Å²) in [6.07, 6.45) is 0.973. The summed E-state index contributed by atoms with van der Waals surface area (Å²) in [7, 11) is 0. The number of hydrogen-bond donors (Lipinski definition) is 1. The first-order valence-corrected chi connectivity index (χ1v) is 8.35. The molecule has 1 saturated heterocycles. The molecule has 0 unspecified atom stereocenters. The van der Waals surface area contributed by atoms with Crippen LogP contribution in [0.2, 0.25) is 0 Å². The molecule has 1 heterocycles. The Labute approximate surface area is 139 Å². The van der Waals surface area contributed by atoms with Crippen molar-refractivity contribution < 1.29 is 4.79 Å². The van der Waals surface area contributed by atoms with Gasteiger partial charge in [0.05, 0.1) is 0 Å². The predicted molar refractivity (Wildman–Crippen MR) is 95.6 cm³/mol. The maximum Gasteiger partial charge on any atom is 0.295 e. The van der Waals surface area contributed by atoms with Gasteiger partial charge < -0.3 is 10.2 Å².